The molecule has 0 radical (unpaired) electrons. The summed E-state index contributed by atoms with van der Waals surface area (Å²) >= 11 is 0. The second-order valence-electron chi connectivity index (χ2n) is 2.75. The van der Waals surface area contributed by atoms with E-state index in [4.69, 9.17) is 24.9 Å². The zero-order chi connectivity index (χ0) is 17.1. The minimum absolute atomic E-state index is 0.292. The Kier molecular flexibility index (Phi) is 11.4. The molecule has 0 rings (SSSR count). The second kappa shape index (κ2) is 9.86. The molecule has 0 saturated carbocycles. The SMILES string of the molecule is CCCC(=O)O.O=C(O)C(F)(F)F.O=C(O)C(F)(F)F. The minimum Gasteiger partial charge on any atom is -0.481 e. The summed E-state index contributed by atoms with van der Waals surface area (Å²) in [5.74, 6) is -6.22. The van der Waals surface area contributed by atoms with Crippen molar-refractivity contribution < 1.29 is 56.0 Å². The molecule has 0 unspecified atom stereocenters. The van der Waals surface area contributed by atoms with E-state index >= 15 is 0 Å². The van der Waals surface area contributed by atoms with Gasteiger partial charge in [-0.25, -0.2) is 9.59 Å². The van der Waals surface area contributed by atoms with Crippen LogP contribution < -0.4 is 0 Å². The highest BCUT2D eigenvalue weighted by Gasteiger charge is 2.38. The Labute approximate surface area is 107 Å². The van der Waals surface area contributed by atoms with Gasteiger partial charge in [-0.2, -0.15) is 26.3 Å². The average molecular weight is 316 g/mol. The van der Waals surface area contributed by atoms with Gasteiger partial charge in [-0.05, 0) is 6.42 Å². The van der Waals surface area contributed by atoms with E-state index < -0.39 is 30.3 Å². The van der Waals surface area contributed by atoms with Gasteiger partial charge >= 0.3 is 30.3 Å². The van der Waals surface area contributed by atoms with Crippen molar-refractivity contribution in [3.05, 3.63) is 0 Å². The van der Waals surface area contributed by atoms with Crippen molar-refractivity contribution in [2.24, 2.45) is 0 Å². The zero-order valence-corrected chi connectivity index (χ0v) is 9.75. The Morgan fingerprint density at radius 1 is 0.800 bits per heavy atom. The molecule has 20 heavy (non-hydrogen) atoms. The summed E-state index contributed by atoms with van der Waals surface area (Å²) in [6, 6.07) is 0. The lowest BCUT2D eigenvalue weighted by Crippen LogP contribution is -2.21. The van der Waals surface area contributed by atoms with E-state index in [1.54, 1.807) is 0 Å². The Hall–Kier alpha value is -2.01. The van der Waals surface area contributed by atoms with Gasteiger partial charge < -0.3 is 15.3 Å². The molecule has 0 amide bonds. The summed E-state index contributed by atoms with van der Waals surface area (Å²) in [6.45, 7) is 1.84. The Balaban J connectivity index is -0.000000218. The van der Waals surface area contributed by atoms with Gasteiger partial charge in [0.05, 0.1) is 0 Å². The molecular formula is C8H10F6O6. The fourth-order valence-electron chi connectivity index (χ4n) is 0.214. The maximum absolute atomic E-state index is 10.6. The molecule has 0 aliphatic rings. The maximum atomic E-state index is 10.6. The monoisotopic (exact) mass is 316 g/mol. The topological polar surface area (TPSA) is 112 Å². The lowest BCUT2D eigenvalue weighted by Gasteiger charge is -1.93. The van der Waals surface area contributed by atoms with Gasteiger partial charge in [0.2, 0.25) is 0 Å². The molecule has 0 saturated heterocycles. The number of carbonyl (C=O) groups is 3. The lowest BCUT2D eigenvalue weighted by molar-refractivity contribution is -0.193. The predicted molar refractivity (Wildman–Crippen MR) is 49.9 cm³/mol. The van der Waals surface area contributed by atoms with Crippen LogP contribution in [0.25, 0.3) is 0 Å². The molecule has 0 bridgehead atoms. The van der Waals surface area contributed by atoms with Crippen LogP contribution in [0.1, 0.15) is 19.8 Å². The van der Waals surface area contributed by atoms with Crippen LogP contribution in [0.3, 0.4) is 0 Å². The molecule has 0 heterocycles. The van der Waals surface area contributed by atoms with Gasteiger partial charge in [-0.3, -0.25) is 4.79 Å². The van der Waals surface area contributed by atoms with E-state index in [-0.39, 0.29) is 0 Å². The van der Waals surface area contributed by atoms with Gasteiger partial charge in [0.15, 0.2) is 0 Å². The van der Waals surface area contributed by atoms with E-state index in [1.165, 1.54) is 0 Å². The molecule has 12 heteroatoms. The number of halogens is 6. The molecule has 0 aliphatic carbocycles. The highest BCUT2D eigenvalue weighted by Crippen LogP contribution is 2.13. The van der Waals surface area contributed by atoms with Gasteiger partial charge in [0.25, 0.3) is 0 Å². The van der Waals surface area contributed by atoms with Crippen molar-refractivity contribution in [3.63, 3.8) is 0 Å². The first-order valence-electron chi connectivity index (χ1n) is 4.48. The molecule has 120 valence electrons. The van der Waals surface area contributed by atoms with Crippen molar-refractivity contribution >= 4 is 17.9 Å². The second-order valence-corrected chi connectivity index (χ2v) is 2.75. The van der Waals surface area contributed by atoms with Crippen LogP contribution in [0.5, 0.6) is 0 Å². The fraction of sp³-hybridized carbons (Fsp3) is 0.625. The fourth-order valence-corrected chi connectivity index (χ4v) is 0.214. The summed E-state index contributed by atoms with van der Waals surface area (Å²) in [6.07, 6.45) is -9.14. The Morgan fingerprint density at radius 3 is 1.00 bits per heavy atom. The predicted octanol–water partition coefficient (Wildman–Crippen LogP) is 2.14. The molecule has 0 aromatic rings. The number of carboxylic acids is 3. The summed E-state index contributed by atoms with van der Waals surface area (Å²) in [4.78, 5) is 27.4. The number of hydrogen-bond acceptors (Lipinski definition) is 3. The van der Waals surface area contributed by atoms with Crippen molar-refractivity contribution in [2.75, 3.05) is 0 Å². The first-order valence-corrected chi connectivity index (χ1v) is 4.48. The minimum atomic E-state index is -5.08. The van der Waals surface area contributed by atoms with Gasteiger partial charge in [-0.15, -0.1) is 0 Å². The molecule has 0 fully saturated rings. The quantitative estimate of drug-likeness (QED) is 0.673. The number of alkyl halides is 6. The summed E-state index contributed by atoms with van der Waals surface area (Å²) in [7, 11) is 0. The smallest absolute Gasteiger partial charge is 0.481 e. The summed E-state index contributed by atoms with van der Waals surface area (Å²) in [5.41, 5.74) is 0. The van der Waals surface area contributed by atoms with Crippen LogP contribution >= 0.6 is 0 Å². The molecule has 3 N–H and O–H groups in total. The zero-order valence-electron chi connectivity index (χ0n) is 9.75. The largest absolute Gasteiger partial charge is 0.490 e. The summed E-state index contributed by atoms with van der Waals surface area (Å²) < 4.78 is 63.5. The van der Waals surface area contributed by atoms with E-state index in [2.05, 4.69) is 0 Å². The van der Waals surface area contributed by atoms with Gasteiger partial charge in [0.1, 0.15) is 0 Å². The number of rotatable bonds is 2. The molecule has 0 spiro atoms. The average Bonchev–Trinajstić information content (AvgIpc) is 2.15. The third kappa shape index (κ3) is 21.3. The van der Waals surface area contributed by atoms with Gasteiger partial charge in [-0.1, -0.05) is 6.92 Å². The van der Waals surface area contributed by atoms with Crippen LogP contribution in [-0.2, 0) is 14.4 Å². The first kappa shape index (κ1) is 23.1. The molecule has 0 aromatic carbocycles. The third-order valence-electron chi connectivity index (χ3n) is 0.949. The summed E-state index contributed by atoms with van der Waals surface area (Å²) in [5, 5.41) is 22.2. The van der Waals surface area contributed by atoms with Crippen LogP contribution in [0.15, 0.2) is 0 Å². The molecule has 6 nitrogen and oxygen atoms in total. The van der Waals surface area contributed by atoms with Crippen molar-refractivity contribution in [2.45, 2.75) is 32.1 Å². The number of hydrogen-bond donors (Lipinski definition) is 3. The van der Waals surface area contributed by atoms with E-state index in [0.29, 0.717) is 6.42 Å². The maximum Gasteiger partial charge on any atom is 0.490 e. The van der Waals surface area contributed by atoms with Crippen LogP contribution in [-0.4, -0.2) is 45.6 Å². The molecular weight excluding hydrogens is 306 g/mol. The Morgan fingerprint density at radius 2 is 1.00 bits per heavy atom. The van der Waals surface area contributed by atoms with Gasteiger partial charge in [0, 0.05) is 6.42 Å². The van der Waals surface area contributed by atoms with E-state index in [9.17, 15) is 31.1 Å². The van der Waals surface area contributed by atoms with Crippen molar-refractivity contribution in [3.8, 4) is 0 Å². The van der Waals surface area contributed by atoms with Crippen LogP contribution in [0, 0.1) is 0 Å². The lowest BCUT2D eigenvalue weighted by atomic mass is 10.4. The Bertz CT molecular complexity index is 296. The highest BCUT2D eigenvalue weighted by atomic mass is 19.4. The van der Waals surface area contributed by atoms with Crippen LogP contribution in [0.4, 0.5) is 26.3 Å². The van der Waals surface area contributed by atoms with E-state index in [1.807, 2.05) is 6.92 Å². The number of carboxylic acid groups (broad SMARTS) is 3. The number of aliphatic carboxylic acids is 3. The van der Waals surface area contributed by atoms with Crippen LogP contribution in [0.2, 0.25) is 0 Å². The van der Waals surface area contributed by atoms with Crippen molar-refractivity contribution in [1.82, 2.24) is 0 Å². The molecule has 0 aliphatic heterocycles. The third-order valence-corrected chi connectivity index (χ3v) is 0.949. The standard InChI is InChI=1S/C4H8O2.2C2HF3O2/c1-2-3-4(5)6;2*3-2(4,5)1(6)7/h2-3H2,1H3,(H,5,6);2*(H,6,7). The van der Waals surface area contributed by atoms with E-state index in [0.717, 1.165) is 6.42 Å². The highest BCUT2D eigenvalue weighted by molar-refractivity contribution is 5.73. The first-order chi connectivity index (χ1) is 8.66. The van der Waals surface area contributed by atoms with Crippen molar-refractivity contribution in [1.29, 1.82) is 0 Å². The normalized spacial score (nSPS) is 10.3. The molecule has 0 aromatic heterocycles. The molecule has 0 atom stereocenters.